The van der Waals surface area contributed by atoms with Gasteiger partial charge in [-0.25, -0.2) is 18.0 Å². The number of esters is 1. The first kappa shape index (κ1) is 13.9. The van der Waals surface area contributed by atoms with E-state index in [9.17, 15) is 18.0 Å². The van der Waals surface area contributed by atoms with E-state index in [4.69, 9.17) is 4.42 Å². The molecule has 2 aromatic rings. The van der Waals surface area contributed by atoms with Crippen LogP contribution in [-0.4, -0.2) is 17.6 Å². The number of ether oxygens (including phenoxy) is 1. The lowest BCUT2D eigenvalue weighted by Gasteiger charge is -2.03. The van der Waals surface area contributed by atoms with Gasteiger partial charge in [-0.3, -0.25) is 0 Å². The molecule has 0 unspecified atom stereocenters. The number of halogens is 3. The van der Waals surface area contributed by atoms with Crippen LogP contribution in [0.3, 0.4) is 0 Å². The maximum absolute atomic E-state index is 13.4. The first-order valence-corrected chi connectivity index (χ1v) is 5.55. The fraction of sp³-hybridized carbons (Fsp3) is 0.167. The summed E-state index contributed by atoms with van der Waals surface area (Å²) in [5, 5.41) is 2.29. The molecule has 0 bridgehead atoms. The number of anilines is 2. The molecule has 0 radical (unpaired) electrons. The summed E-state index contributed by atoms with van der Waals surface area (Å²) in [5.41, 5.74) is -0.501. The number of hydrogen-bond acceptors (Lipinski definition) is 5. The number of rotatable bonds is 4. The average molecular weight is 286 g/mol. The van der Waals surface area contributed by atoms with Crippen LogP contribution in [0.4, 0.5) is 24.9 Å². The van der Waals surface area contributed by atoms with E-state index in [1.54, 1.807) is 6.92 Å². The van der Waals surface area contributed by atoms with Gasteiger partial charge in [0.25, 0.3) is 6.01 Å². The standard InChI is InChI=1S/C12H9F3N2O3/c1-2-19-11(18)10-5-20-12(17-10)16-9-4-7(14)6(13)3-8(9)15/h3-5H,2H2,1H3,(H,16,17). The van der Waals surface area contributed by atoms with Gasteiger partial charge in [-0.1, -0.05) is 0 Å². The molecule has 0 saturated carbocycles. The Morgan fingerprint density at radius 2 is 2.00 bits per heavy atom. The van der Waals surface area contributed by atoms with Gasteiger partial charge < -0.3 is 14.5 Å². The molecular weight excluding hydrogens is 277 g/mol. The van der Waals surface area contributed by atoms with Gasteiger partial charge in [-0.15, -0.1) is 0 Å². The van der Waals surface area contributed by atoms with Crippen molar-refractivity contribution in [2.45, 2.75) is 6.92 Å². The highest BCUT2D eigenvalue weighted by molar-refractivity contribution is 5.87. The van der Waals surface area contributed by atoms with Gasteiger partial charge >= 0.3 is 5.97 Å². The Bertz CT molecular complexity index is 643. The molecule has 0 aliphatic carbocycles. The zero-order valence-electron chi connectivity index (χ0n) is 10.2. The molecule has 2 rings (SSSR count). The Hall–Kier alpha value is -2.51. The van der Waals surface area contributed by atoms with Crippen LogP contribution in [0.5, 0.6) is 0 Å². The van der Waals surface area contributed by atoms with E-state index in [1.807, 2.05) is 0 Å². The first-order chi connectivity index (χ1) is 9.51. The summed E-state index contributed by atoms with van der Waals surface area (Å²) >= 11 is 0. The second-order valence-corrected chi connectivity index (χ2v) is 3.63. The second-order valence-electron chi connectivity index (χ2n) is 3.63. The van der Waals surface area contributed by atoms with E-state index in [0.29, 0.717) is 12.1 Å². The summed E-state index contributed by atoms with van der Waals surface area (Å²) in [7, 11) is 0. The van der Waals surface area contributed by atoms with Gasteiger partial charge in [0.05, 0.1) is 12.3 Å². The SMILES string of the molecule is CCOC(=O)c1coc(Nc2cc(F)c(F)cc2F)n1. The van der Waals surface area contributed by atoms with Crippen LogP contribution in [0, 0.1) is 17.5 Å². The number of aromatic nitrogens is 1. The largest absolute Gasteiger partial charge is 0.461 e. The highest BCUT2D eigenvalue weighted by atomic mass is 19.2. The monoisotopic (exact) mass is 286 g/mol. The smallest absolute Gasteiger partial charge is 0.360 e. The molecule has 20 heavy (non-hydrogen) atoms. The van der Waals surface area contributed by atoms with E-state index in [2.05, 4.69) is 15.0 Å². The maximum Gasteiger partial charge on any atom is 0.360 e. The van der Waals surface area contributed by atoms with Crippen LogP contribution >= 0.6 is 0 Å². The molecule has 0 aliphatic heterocycles. The minimum atomic E-state index is -1.31. The van der Waals surface area contributed by atoms with Crippen molar-refractivity contribution in [3.63, 3.8) is 0 Å². The van der Waals surface area contributed by atoms with Crippen LogP contribution in [0.1, 0.15) is 17.4 Å². The Morgan fingerprint density at radius 1 is 1.30 bits per heavy atom. The second kappa shape index (κ2) is 5.64. The van der Waals surface area contributed by atoms with Gasteiger partial charge in [0.15, 0.2) is 17.3 Å². The molecule has 1 aromatic heterocycles. The Kier molecular flexibility index (Phi) is 3.92. The van der Waals surface area contributed by atoms with Crippen molar-refractivity contribution in [3.05, 3.63) is 41.5 Å². The predicted octanol–water partition coefficient (Wildman–Crippen LogP) is 3.01. The molecule has 0 spiro atoms. The van der Waals surface area contributed by atoms with E-state index < -0.39 is 23.4 Å². The van der Waals surface area contributed by atoms with Gasteiger partial charge in [0.2, 0.25) is 0 Å². The lowest BCUT2D eigenvalue weighted by molar-refractivity contribution is 0.0519. The quantitative estimate of drug-likeness (QED) is 0.691. The normalized spacial score (nSPS) is 10.4. The summed E-state index contributed by atoms with van der Waals surface area (Å²) in [5.74, 6) is -4.28. The van der Waals surface area contributed by atoms with Crippen molar-refractivity contribution in [3.8, 4) is 0 Å². The van der Waals surface area contributed by atoms with Crippen LogP contribution < -0.4 is 5.32 Å². The number of nitrogens with one attached hydrogen (secondary N) is 1. The summed E-state index contributed by atoms with van der Waals surface area (Å²) in [4.78, 5) is 15.0. The number of nitrogens with zero attached hydrogens (tertiary/aromatic N) is 1. The molecule has 1 N–H and O–H groups in total. The van der Waals surface area contributed by atoms with Crippen molar-refractivity contribution in [2.24, 2.45) is 0 Å². The molecule has 1 heterocycles. The van der Waals surface area contributed by atoms with Crippen LogP contribution in [0.15, 0.2) is 22.8 Å². The summed E-state index contributed by atoms with van der Waals surface area (Å²) in [6, 6.07) is 0.740. The Morgan fingerprint density at radius 3 is 2.70 bits per heavy atom. The van der Waals surface area contributed by atoms with Gasteiger partial charge in [0, 0.05) is 12.1 Å². The van der Waals surface area contributed by atoms with Crippen molar-refractivity contribution in [1.82, 2.24) is 4.98 Å². The highest BCUT2D eigenvalue weighted by Gasteiger charge is 2.15. The first-order valence-electron chi connectivity index (χ1n) is 5.55. The number of carbonyl (C=O) groups is 1. The lowest BCUT2D eigenvalue weighted by atomic mass is 10.3. The summed E-state index contributed by atoms with van der Waals surface area (Å²) in [6.45, 7) is 1.78. The summed E-state index contributed by atoms with van der Waals surface area (Å²) < 4.78 is 48.6. The Balaban J connectivity index is 2.19. The third kappa shape index (κ3) is 2.90. The van der Waals surface area contributed by atoms with Gasteiger partial charge in [-0.2, -0.15) is 4.98 Å². The fourth-order valence-corrected chi connectivity index (χ4v) is 1.36. The van der Waals surface area contributed by atoms with E-state index >= 15 is 0 Å². The third-order valence-corrected chi connectivity index (χ3v) is 2.24. The van der Waals surface area contributed by atoms with E-state index in [0.717, 1.165) is 6.26 Å². The van der Waals surface area contributed by atoms with Crippen LogP contribution in [-0.2, 0) is 4.74 Å². The number of oxazole rings is 1. The number of benzene rings is 1. The van der Waals surface area contributed by atoms with Crippen molar-refractivity contribution in [2.75, 3.05) is 11.9 Å². The zero-order chi connectivity index (χ0) is 14.7. The van der Waals surface area contributed by atoms with Crippen LogP contribution in [0.2, 0.25) is 0 Å². The van der Waals surface area contributed by atoms with Crippen molar-refractivity contribution in [1.29, 1.82) is 0 Å². The van der Waals surface area contributed by atoms with Crippen molar-refractivity contribution < 1.29 is 27.1 Å². The molecular formula is C12H9F3N2O3. The van der Waals surface area contributed by atoms with Crippen molar-refractivity contribution >= 4 is 17.7 Å². The molecule has 1 aromatic carbocycles. The van der Waals surface area contributed by atoms with Gasteiger partial charge in [0.1, 0.15) is 12.1 Å². The molecule has 8 heteroatoms. The molecule has 0 atom stereocenters. The highest BCUT2D eigenvalue weighted by Crippen LogP contribution is 2.22. The topological polar surface area (TPSA) is 64.4 Å². The molecule has 0 amide bonds. The third-order valence-electron chi connectivity index (χ3n) is 2.24. The Labute approximate surface area is 111 Å². The zero-order valence-corrected chi connectivity index (χ0v) is 10.2. The summed E-state index contributed by atoms with van der Waals surface area (Å²) in [6.07, 6.45) is 0.998. The molecule has 0 saturated heterocycles. The maximum atomic E-state index is 13.4. The number of carbonyl (C=O) groups excluding carboxylic acids is 1. The molecule has 106 valence electrons. The molecule has 0 aliphatic rings. The van der Waals surface area contributed by atoms with E-state index in [1.165, 1.54) is 0 Å². The minimum Gasteiger partial charge on any atom is -0.461 e. The van der Waals surface area contributed by atoms with Crippen LogP contribution in [0.25, 0.3) is 0 Å². The minimum absolute atomic E-state index is 0.127. The average Bonchev–Trinajstić information content (AvgIpc) is 2.85. The molecule has 0 fully saturated rings. The van der Waals surface area contributed by atoms with Gasteiger partial charge in [-0.05, 0) is 6.92 Å². The fourth-order valence-electron chi connectivity index (χ4n) is 1.36. The predicted molar refractivity (Wildman–Crippen MR) is 62.1 cm³/mol. The molecule has 5 nitrogen and oxygen atoms in total. The number of hydrogen-bond donors (Lipinski definition) is 1. The van der Waals surface area contributed by atoms with E-state index in [-0.39, 0.29) is 24.0 Å². The lowest BCUT2D eigenvalue weighted by Crippen LogP contribution is -2.05.